The Labute approximate surface area is 146 Å². The Bertz CT molecular complexity index is 604. The van der Waals surface area contributed by atoms with E-state index < -0.39 is 12.0 Å². The SMILES string of the molecule is COc1ccc(SCC(=O)N2C(C(=O)O)CC3CCCCC32)cc1. The summed E-state index contributed by atoms with van der Waals surface area (Å²) in [6.45, 7) is 0. The molecule has 3 atom stereocenters. The summed E-state index contributed by atoms with van der Waals surface area (Å²) in [7, 11) is 1.62. The van der Waals surface area contributed by atoms with E-state index in [9.17, 15) is 14.7 Å². The van der Waals surface area contributed by atoms with Crippen LogP contribution in [0.25, 0.3) is 0 Å². The summed E-state index contributed by atoms with van der Waals surface area (Å²) in [4.78, 5) is 27.0. The number of aliphatic carboxylic acids is 1. The molecule has 1 aromatic carbocycles. The number of thioether (sulfide) groups is 1. The molecule has 130 valence electrons. The molecule has 6 heteroatoms. The third-order valence-electron chi connectivity index (χ3n) is 5.08. The fraction of sp³-hybridized carbons (Fsp3) is 0.556. The number of carbonyl (C=O) groups excluding carboxylic acids is 1. The van der Waals surface area contributed by atoms with Crippen LogP contribution in [0.15, 0.2) is 29.2 Å². The van der Waals surface area contributed by atoms with Crippen molar-refractivity contribution in [2.45, 2.75) is 49.1 Å². The lowest BCUT2D eigenvalue weighted by molar-refractivity contribution is -0.148. The number of nitrogens with zero attached hydrogens (tertiary/aromatic N) is 1. The molecule has 1 N–H and O–H groups in total. The normalized spacial score (nSPS) is 26.0. The van der Waals surface area contributed by atoms with Crippen molar-refractivity contribution in [1.82, 2.24) is 4.90 Å². The first-order valence-electron chi connectivity index (χ1n) is 8.41. The lowest BCUT2D eigenvalue weighted by Gasteiger charge is -2.33. The lowest BCUT2D eigenvalue weighted by atomic mass is 9.85. The molecule has 3 rings (SSSR count). The van der Waals surface area contributed by atoms with Gasteiger partial charge in [-0.15, -0.1) is 11.8 Å². The zero-order valence-corrected chi connectivity index (χ0v) is 14.6. The van der Waals surface area contributed by atoms with Crippen LogP contribution in [0.4, 0.5) is 0 Å². The topological polar surface area (TPSA) is 66.8 Å². The molecule has 0 bridgehead atoms. The van der Waals surface area contributed by atoms with Crippen LogP contribution in [0.1, 0.15) is 32.1 Å². The van der Waals surface area contributed by atoms with Gasteiger partial charge in [0.2, 0.25) is 5.91 Å². The summed E-state index contributed by atoms with van der Waals surface area (Å²) >= 11 is 1.45. The van der Waals surface area contributed by atoms with Crippen molar-refractivity contribution in [2.75, 3.05) is 12.9 Å². The Morgan fingerprint density at radius 2 is 1.96 bits per heavy atom. The number of hydrogen-bond donors (Lipinski definition) is 1. The van der Waals surface area contributed by atoms with E-state index in [1.165, 1.54) is 11.8 Å². The molecular formula is C18H23NO4S. The van der Waals surface area contributed by atoms with Crippen LogP contribution < -0.4 is 4.74 Å². The van der Waals surface area contributed by atoms with Gasteiger partial charge in [0.05, 0.1) is 12.9 Å². The number of rotatable bonds is 5. The Hall–Kier alpha value is -1.69. The predicted molar refractivity (Wildman–Crippen MR) is 92.4 cm³/mol. The molecular weight excluding hydrogens is 326 g/mol. The van der Waals surface area contributed by atoms with E-state index in [1.807, 2.05) is 24.3 Å². The van der Waals surface area contributed by atoms with Gasteiger partial charge in [-0.2, -0.15) is 0 Å². The number of fused-ring (bicyclic) bond motifs is 1. The van der Waals surface area contributed by atoms with Gasteiger partial charge in [0.1, 0.15) is 11.8 Å². The Balaban J connectivity index is 1.66. The van der Waals surface area contributed by atoms with Crippen molar-refractivity contribution in [3.8, 4) is 5.75 Å². The van der Waals surface area contributed by atoms with Crippen molar-refractivity contribution in [3.05, 3.63) is 24.3 Å². The monoisotopic (exact) mass is 349 g/mol. The van der Waals surface area contributed by atoms with Crippen LogP contribution in [0.3, 0.4) is 0 Å². The first-order chi connectivity index (χ1) is 11.6. The minimum absolute atomic E-state index is 0.0578. The Kier molecular flexibility index (Phi) is 5.33. The summed E-state index contributed by atoms with van der Waals surface area (Å²) in [5.74, 6) is 0.486. The third kappa shape index (κ3) is 3.53. The second-order valence-corrected chi connectivity index (χ2v) is 7.52. The third-order valence-corrected chi connectivity index (χ3v) is 6.08. The number of ether oxygens (including phenoxy) is 1. The number of methoxy groups -OCH3 is 1. The average Bonchev–Trinajstić information content (AvgIpc) is 3.00. The fourth-order valence-corrected chi connectivity index (χ4v) is 4.70. The van der Waals surface area contributed by atoms with E-state index in [-0.39, 0.29) is 17.7 Å². The first kappa shape index (κ1) is 17.1. The molecule has 2 aliphatic rings. The molecule has 3 unspecified atom stereocenters. The van der Waals surface area contributed by atoms with Gasteiger partial charge in [-0.25, -0.2) is 4.79 Å². The molecule has 24 heavy (non-hydrogen) atoms. The summed E-state index contributed by atoms with van der Waals surface area (Å²) in [5.41, 5.74) is 0. The van der Waals surface area contributed by atoms with Gasteiger partial charge < -0.3 is 14.7 Å². The van der Waals surface area contributed by atoms with Gasteiger partial charge in [0, 0.05) is 10.9 Å². The van der Waals surface area contributed by atoms with E-state index in [0.29, 0.717) is 12.3 Å². The number of carbonyl (C=O) groups is 2. The summed E-state index contributed by atoms with van der Waals surface area (Å²) < 4.78 is 5.13. The molecule has 5 nitrogen and oxygen atoms in total. The first-order valence-corrected chi connectivity index (χ1v) is 9.39. The van der Waals surface area contributed by atoms with Crippen molar-refractivity contribution >= 4 is 23.6 Å². The second kappa shape index (κ2) is 7.47. The minimum Gasteiger partial charge on any atom is -0.497 e. The van der Waals surface area contributed by atoms with Gasteiger partial charge in [-0.05, 0) is 49.4 Å². The van der Waals surface area contributed by atoms with Crippen molar-refractivity contribution < 1.29 is 19.4 Å². The van der Waals surface area contributed by atoms with Crippen molar-refractivity contribution in [1.29, 1.82) is 0 Å². The molecule has 1 aliphatic heterocycles. The number of likely N-dealkylation sites (tertiary alicyclic amines) is 1. The highest BCUT2D eigenvalue weighted by atomic mass is 32.2. The van der Waals surface area contributed by atoms with Crippen LogP contribution >= 0.6 is 11.8 Å². The number of carboxylic acids is 1. The van der Waals surface area contributed by atoms with Crippen molar-refractivity contribution in [2.24, 2.45) is 5.92 Å². The van der Waals surface area contributed by atoms with Gasteiger partial charge in [-0.1, -0.05) is 12.8 Å². The van der Waals surface area contributed by atoms with E-state index in [4.69, 9.17) is 4.74 Å². The second-order valence-electron chi connectivity index (χ2n) is 6.47. The molecule has 1 heterocycles. The van der Waals surface area contributed by atoms with Gasteiger partial charge in [-0.3, -0.25) is 4.79 Å². The minimum atomic E-state index is -0.868. The van der Waals surface area contributed by atoms with E-state index in [0.717, 1.165) is 36.3 Å². The zero-order chi connectivity index (χ0) is 17.1. The molecule has 1 amide bonds. The maximum atomic E-state index is 12.7. The lowest BCUT2D eigenvalue weighted by Crippen LogP contribution is -2.47. The average molecular weight is 349 g/mol. The molecule has 1 aromatic rings. The fourth-order valence-electron chi connectivity index (χ4n) is 3.93. The number of hydrogen-bond acceptors (Lipinski definition) is 4. The smallest absolute Gasteiger partial charge is 0.326 e. The predicted octanol–water partition coefficient (Wildman–Crippen LogP) is 3.03. The summed E-state index contributed by atoms with van der Waals surface area (Å²) in [6, 6.07) is 7.02. The van der Waals surface area contributed by atoms with Crippen LogP contribution in [0.5, 0.6) is 5.75 Å². The Morgan fingerprint density at radius 3 is 2.62 bits per heavy atom. The largest absolute Gasteiger partial charge is 0.497 e. The molecule has 2 fully saturated rings. The van der Waals surface area contributed by atoms with Crippen molar-refractivity contribution in [3.63, 3.8) is 0 Å². The van der Waals surface area contributed by atoms with Gasteiger partial charge in [0.15, 0.2) is 0 Å². The van der Waals surface area contributed by atoms with Crippen LogP contribution in [0.2, 0.25) is 0 Å². The van der Waals surface area contributed by atoms with Crippen LogP contribution in [0, 0.1) is 5.92 Å². The summed E-state index contributed by atoms with van der Waals surface area (Å²) in [5, 5.41) is 9.51. The quantitative estimate of drug-likeness (QED) is 0.828. The highest BCUT2D eigenvalue weighted by molar-refractivity contribution is 8.00. The van der Waals surface area contributed by atoms with Crippen LogP contribution in [-0.2, 0) is 9.59 Å². The van der Waals surface area contributed by atoms with Gasteiger partial charge >= 0.3 is 5.97 Å². The number of amides is 1. The van der Waals surface area contributed by atoms with E-state index in [1.54, 1.807) is 12.0 Å². The number of carboxylic acid groups (broad SMARTS) is 1. The summed E-state index contributed by atoms with van der Waals surface area (Å²) in [6.07, 6.45) is 4.83. The molecule has 1 saturated carbocycles. The molecule has 0 aromatic heterocycles. The zero-order valence-electron chi connectivity index (χ0n) is 13.8. The van der Waals surface area contributed by atoms with E-state index >= 15 is 0 Å². The molecule has 0 spiro atoms. The standard InChI is InChI=1S/C18H23NO4S/c1-23-13-6-8-14(9-7-13)24-11-17(20)19-15-5-3-2-4-12(15)10-16(19)18(21)22/h6-9,12,15-16H,2-5,10-11H2,1H3,(H,21,22). The molecule has 1 aliphatic carbocycles. The Morgan fingerprint density at radius 1 is 1.25 bits per heavy atom. The van der Waals surface area contributed by atoms with Crippen LogP contribution in [-0.4, -0.2) is 46.8 Å². The molecule has 1 saturated heterocycles. The highest BCUT2D eigenvalue weighted by Crippen LogP contribution is 2.40. The van der Waals surface area contributed by atoms with Gasteiger partial charge in [0.25, 0.3) is 0 Å². The maximum absolute atomic E-state index is 12.7. The highest BCUT2D eigenvalue weighted by Gasteiger charge is 2.47. The molecule has 0 radical (unpaired) electrons. The number of benzene rings is 1. The maximum Gasteiger partial charge on any atom is 0.326 e. The van der Waals surface area contributed by atoms with E-state index in [2.05, 4.69) is 0 Å².